The second kappa shape index (κ2) is 11.7. The summed E-state index contributed by atoms with van der Waals surface area (Å²) in [4.78, 5) is 4.07. The Hall–Kier alpha value is -0.930. The highest BCUT2D eigenvalue weighted by Gasteiger charge is 2.09. The molecule has 0 amide bonds. The number of hydrogen-bond donors (Lipinski definition) is 3. The molecule has 0 heterocycles. The van der Waals surface area contributed by atoms with E-state index >= 15 is 0 Å². The third kappa shape index (κ3) is 8.64. The molecule has 1 aromatic rings. The fraction of sp³-hybridized carbons (Fsp3) is 0.533. The molecule has 0 aromatic heterocycles. The van der Waals surface area contributed by atoms with Crippen LogP contribution in [0.2, 0.25) is 15.1 Å². The lowest BCUT2D eigenvalue weighted by molar-refractivity contribution is 0.322. The van der Waals surface area contributed by atoms with Gasteiger partial charge in [0.25, 0.3) is 0 Å². The van der Waals surface area contributed by atoms with E-state index in [0.29, 0.717) is 59.4 Å². The lowest BCUT2D eigenvalue weighted by atomic mass is 10.3. The van der Waals surface area contributed by atoms with Gasteiger partial charge in [-0.1, -0.05) is 34.8 Å². The van der Waals surface area contributed by atoms with E-state index in [-0.39, 0.29) is 5.75 Å². The van der Waals surface area contributed by atoms with Gasteiger partial charge in [-0.3, -0.25) is 4.99 Å². The molecular formula is C15H23Cl3N4O3S. The minimum atomic E-state index is -3.15. The Morgan fingerprint density at radius 1 is 1.12 bits per heavy atom. The van der Waals surface area contributed by atoms with Gasteiger partial charge < -0.3 is 15.4 Å². The smallest absolute Gasteiger partial charge is 0.211 e. The van der Waals surface area contributed by atoms with Gasteiger partial charge in [0.2, 0.25) is 10.0 Å². The number of nitrogens with zero attached hydrogens (tertiary/aromatic N) is 1. The van der Waals surface area contributed by atoms with Crippen LogP contribution in [-0.4, -0.2) is 53.4 Å². The Kier molecular flexibility index (Phi) is 10.4. The summed E-state index contributed by atoms with van der Waals surface area (Å²) >= 11 is 17.9. The van der Waals surface area contributed by atoms with Crippen molar-refractivity contribution in [3.8, 4) is 5.75 Å². The zero-order valence-electron chi connectivity index (χ0n) is 14.6. The lowest BCUT2D eigenvalue weighted by Gasteiger charge is -2.14. The van der Waals surface area contributed by atoms with Crippen molar-refractivity contribution in [2.45, 2.75) is 13.3 Å². The zero-order chi connectivity index (χ0) is 19.6. The maximum atomic E-state index is 11.3. The molecule has 0 aliphatic rings. The Bertz CT molecular complexity index is 691. The van der Waals surface area contributed by atoms with Gasteiger partial charge in [-0.25, -0.2) is 13.1 Å². The normalized spacial score (nSPS) is 12.1. The van der Waals surface area contributed by atoms with Crippen LogP contribution in [0.4, 0.5) is 0 Å². The predicted octanol–water partition coefficient (Wildman–Crippen LogP) is 2.52. The van der Waals surface area contributed by atoms with Crippen LogP contribution in [0.1, 0.15) is 13.3 Å². The van der Waals surface area contributed by atoms with E-state index in [0.717, 1.165) is 0 Å². The van der Waals surface area contributed by atoms with Gasteiger partial charge in [0.15, 0.2) is 11.7 Å². The van der Waals surface area contributed by atoms with Crippen molar-refractivity contribution < 1.29 is 13.2 Å². The second-order valence-corrected chi connectivity index (χ2v) is 8.47. The van der Waals surface area contributed by atoms with Crippen LogP contribution in [-0.2, 0) is 10.0 Å². The number of halogens is 3. The number of benzene rings is 1. The van der Waals surface area contributed by atoms with Gasteiger partial charge in [0, 0.05) is 25.2 Å². The van der Waals surface area contributed by atoms with E-state index in [1.54, 1.807) is 26.1 Å². The van der Waals surface area contributed by atoms with Crippen molar-refractivity contribution in [3.63, 3.8) is 0 Å². The molecular weight excluding hydrogens is 423 g/mol. The van der Waals surface area contributed by atoms with Gasteiger partial charge in [-0.15, -0.1) is 0 Å². The first-order chi connectivity index (χ1) is 12.3. The summed E-state index contributed by atoms with van der Waals surface area (Å²) in [7, 11) is -1.51. The average Bonchev–Trinajstić information content (AvgIpc) is 2.58. The standard InChI is InChI=1S/C15H23Cl3N4O3S/c1-3-26(23,24)22-6-4-5-20-15(19-2)21-7-8-25-14-12(17)9-11(16)10-13(14)18/h9-10,22H,3-8H2,1-2H3,(H2,19,20,21). The van der Waals surface area contributed by atoms with Crippen molar-refractivity contribution in [3.05, 3.63) is 27.2 Å². The van der Waals surface area contributed by atoms with E-state index in [1.807, 2.05) is 0 Å². The summed E-state index contributed by atoms with van der Waals surface area (Å²) in [6.45, 7) is 3.33. The maximum Gasteiger partial charge on any atom is 0.211 e. The van der Waals surface area contributed by atoms with Crippen LogP contribution in [0.3, 0.4) is 0 Å². The summed E-state index contributed by atoms with van der Waals surface area (Å²) in [6, 6.07) is 3.12. The SMILES string of the molecule is CCS(=O)(=O)NCCCNC(=NC)NCCOc1c(Cl)cc(Cl)cc1Cl. The number of aliphatic imine (C=N–C) groups is 1. The molecule has 3 N–H and O–H groups in total. The van der Waals surface area contributed by atoms with Crippen LogP contribution >= 0.6 is 34.8 Å². The molecule has 26 heavy (non-hydrogen) atoms. The van der Waals surface area contributed by atoms with Crippen molar-refractivity contribution in [2.24, 2.45) is 4.99 Å². The van der Waals surface area contributed by atoms with Crippen molar-refractivity contribution in [2.75, 3.05) is 39.0 Å². The molecule has 1 aromatic carbocycles. The molecule has 0 atom stereocenters. The van der Waals surface area contributed by atoms with Crippen LogP contribution < -0.4 is 20.1 Å². The quantitative estimate of drug-likeness (QED) is 0.292. The van der Waals surface area contributed by atoms with Gasteiger partial charge in [0.05, 0.1) is 22.3 Å². The Morgan fingerprint density at radius 3 is 2.31 bits per heavy atom. The molecule has 0 bridgehead atoms. The first-order valence-corrected chi connectivity index (χ1v) is 10.8. The number of ether oxygens (including phenoxy) is 1. The number of rotatable bonds is 10. The highest BCUT2D eigenvalue weighted by molar-refractivity contribution is 7.89. The summed E-state index contributed by atoms with van der Waals surface area (Å²) < 4.78 is 30.7. The van der Waals surface area contributed by atoms with E-state index in [9.17, 15) is 8.42 Å². The largest absolute Gasteiger partial charge is 0.489 e. The van der Waals surface area contributed by atoms with Gasteiger partial charge in [-0.2, -0.15) is 0 Å². The third-order valence-corrected chi connectivity index (χ3v) is 5.36. The number of sulfonamides is 1. The Morgan fingerprint density at radius 2 is 1.73 bits per heavy atom. The van der Waals surface area contributed by atoms with E-state index < -0.39 is 10.0 Å². The van der Waals surface area contributed by atoms with E-state index in [4.69, 9.17) is 39.5 Å². The molecule has 148 valence electrons. The average molecular weight is 446 g/mol. The summed E-state index contributed by atoms with van der Waals surface area (Å²) in [5.41, 5.74) is 0. The first kappa shape index (κ1) is 23.1. The highest BCUT2D eigenvalue weighted by Crippen LogP contribution is 2.35. The van der Waals surface area contributed by atoms with Gasteiger partial charge >= 0.3 is 0 Å². The van der Waals surface area contributed by atoms with Crippen LogP contribution in [0.5, 0.6) is 5.75 Å². The molecule has 0 spiro atoms. The number of nitrogens with one attached hydrogen (secondary N) is 3. The summed E-state index contributed by atoms with van der Waals surface area (Å²) in [6.07, 6.45) is 0.631. The molecule has 0 saturated heterocycles. The van der Waals surface area contributed by atoms with Crippen LogP contribution in [0.15, 0.2) is 17.1 Å². The maximum absolute atomic E-state index is 11.3. The van der Waals surface area contributed by atoms with Gasteiger partial charge in [0.1, 0.15) is 6.61 Å². The Labute approximate surface area is 169 Å². The summed E-state index contributed by atoms with van der Waals surface area (Å²) in [5, 5.41) is 7.29. The molecule has 0 unspecified atom stereocenters. The number of guanidine groups is 1. The van der Waals surface area contributed by atoms with Gasteiger partial charge in [-0.05, 0) is 25.5 Å². The van der Waals surface area contributed by atoms with Crippen molar-refractivity contribution >= 4 is 50.8 Å². The fourth-order valence-corrected chi connectivity index (χ4v) is 3.42. The minimum absolute atomic E-state index is 0.0747. The molecule has 7 nitrogen and oxygen atoms in total. The Balaban J connectivity index is 2.27. The third-order valence-electron chi connectivity index (χ3n) is 3.18. The zero-order valence-corrected chi connectivity index (χ0v) is 17.7. The molecule has 1 rings (SSSR count). The lowest BCUT2D eigenvalue weighted by Crippen LogP contribution is -2.40. The second-order valence-electron chi connectivity index (χ2n) is 5.12. The highest BCUT2D eigenvalue weighted by atomic mass is 35.5. The molecule has 11 heteroatoms. The summed E-state index contributed by atoms with van der Waals surface area (Å²) in [5.74, 6) is 1.04. The molecule has 0 aliphatic carbocycles. The molecule has 0 saturated carbocycles. The van der Waals surface area contributed by atoms with Crippen LogP contribution in [0.25, 0.3) is 0 Å². The fourth-order valence-electron chi connectivity index (χ4n) is 1.83. The van der Waals surface area contributed by atoms with Crippen molar-refractivity contribution in [1.29, 1.82) is 0 Å². The predicted molar refractivity (Wildman–Crippen MR) is 108 cm³/mol. The molecule has 0 radical (unpaired) electrons. The number of hydrogen-bond acceptors (Lipinski definition) is 4. The van der Waals surface area contributed by atoms with Crippen molar-refractivity contribution in [1.82, 2.24) is 15.4 Å². The van der Waals surface area contributed by atoms with E-state index in [2.05, 4.69) is 20.3 Å². The monoisotopic (exact) mass is 444 g/mol. The molecule has 0 aliphatic heterocycles. The topological polar surface area (TPSA) is 91.8 Å². The minimum Gasteiger partial charge on any atom is -0.489 e. The van der Waals surface area contributed by atoms with Crippen LogP contribution in [0, 0.1) is 0 Å². The van der Waals surface area contributed by atoms with E-state index in [1.165, 1.54) is 0 Å². The first-order valence-electron chi connectivity index (χ1n) is 7.98. The molecule has 0 fully saturated rings.